The molecule has 0 aromatic carbocycles. The zero-order valence-corrected chi connectivity index (χ0v) is 9.29. The van der Waals surface area contributed by atoms with Gasteiger partial charge in [-0.25, -0.2) is 4.98 Å². The summed E-state index contributed by atoms with van der Waals surface area (Å²) in [5.41, 5.74) is 0. The van der Waals surface area contributed by atoms with Crippen molar-refractivity contribution in [3.05, 3.63) is 12.5 Å². The predicted molar refractivity (Wildman–Crippen MR) is 56.9 cm³/mol. The van der Waals surface area contributed by atoms with Crippen LogP contribution in [-0.2, 0) is 4.79 Å². The van der Waals surface area contributed by atoms with Gasteiger partial charge >= 0.3 is 5.97 Å². The Kier molecular flexibility index (Phi) is 5.20. The van der Waals surface area contributed by atoms with Crippen LogP contribution in [0.15, 0.2) is 22.1 Å². The van der Waals surface area contributed by atoms with E-state index in [0.717, 1.165) is 6.42 Å². The minimum absolute atomic E-state index is 0.413. The highest BCUT2D eigenvalue weighted by molar-refractivity contribution is 7.99. The van der Waals surface area contributed by atoms with Crippen LogP contribution in [0.4, 0.5) is 0 Å². The molecule has 1 atom stereocenters. The van der Waals surface area contributed by atoms with Crippen molar-refractivity contribution in [1.82, 2.24) is 10.3 Å². The SMILES string of the molecule is CCCNC(CSc1ncco1)C(=O)O. The topological polar surface area (TPSA) is 75.4 Å². The van der Waals surface area contributed by atoms with Gasteiger partial charge in [0.1, 0.15) is 12.3 Å². The van der Waals surface area contributed by atoms with Gasteiger partial charge in [-0.1, -0.05) is 18.7 Å². The van der Waals surface area contributed by atoms with E-state index in [9.17, 15) is 4.79 Å². The Hall–Kier alpha value is -1.01. The van der Waals surface area contributed by atoms with Crippen LogP contribution in [0, 0.1) is 0 Å². The highest BCUT2D eigenvalue weighted by Gasteiger charge is 2.17. The zero-order valence-electron chi connectivity index (χ0n) is 8.47. The Morgan fingerprint density at radius 1 is 1.80 bits per heavy atom. The molecule has 0 amide bonds. The highest BCUT2D eigenvalue weighted by Crippen LogP contribution is 2.15. The lowest BCUT2D eigenvalue weighted by Crippen LogP contribution is -2.39. The minimum Gasteiger partial charge on any atom is -0.480 e. The van der Waals surface area contributed by atoms with E-state index in [4.69, 9.17) is 9.52 Å². The van der Waals surface area contributed by atoms with Gasteiger partial charge in [-0.2, -0.15) is 0 Å². The van der Waals surface area contributed by atoms with E-state index in [2.05, 4.69) is 10.3 Å². The Morgan fingerprint density at radius 3 is 3.13 bits per heavy atom. The molecule has 0 radical (unpaired) electrons. The normalized spacial score (nSPS) is 12.6. The number of oxazole rings is 1. The van der Waals surface area contributed by atoms with E-state index in [0.29, 0.717) is 17.5 Å². The molecule has 1 aromatic rings. The van der Waals surface area contributed by atoms with Crippen molar-refractivity contribution in [2.45, 2.75) is 24.6 Å². The number of carbonyl (C=O) groups is 1. The first kappa shape index (κ1) is 12.1. The largest absolute Gasteiger partial charge is 0.480 e. The molecule has 0 saturated heterocycles. The minimum atomic E-state index is -0.845. The number of aliphatic carboxylic acids is 1. The molecule has 1 heterocycles. The third kappa shape index (κ3) is 4.35. The molecule has 6 heteroatoms. The van der Waals surface area contributed by atoms with Gasteiger partial charge in [0.15, 0.2) is 0 Å². The lowest BCUT2D eigenvalue weighted by atomic mass is 10.3. The number of nitrogens with zero attached hydrogens (tertiary/aromatic N) is 1. The number of carboxylic acids is 1. The molecule has 0 saturated carbocycles. The molecular weight excluding hydrogens is 216 g/mol. The van der Waals surface area contributed by atoms with Crippen molar-refractivity contribution < 1.29 is 14.3 Å². The molecule has 1 rings (SSSR count). The fourth-order valence-electron chi connectivity index (χ4n) is 0.972. The molecule has 1 aromatic heterocycles. The molecular formula is C9H14N2O3S. The molecule has 0 bridgehead atoms. The fourth-order valence-corrected chi connectivity index (χ4v) is 1.80. The third-order valence-electron chi connectivity index (χ3n) is 1.72. The lowest BCUT2D eigenvalue weighted by Gasteiger charge is -2.11. The molecule has 1 unspecified atom stereocenters. The second-order valence-corrected chi connectivity index (χ2v) is 3.93. The standard InChI is InChI=1S/C9H14N2O3S/c1-2-3-10-7(8(12)13)6-15-9-11-4-5-14-9/h4-5,7,10H,2-3,6H2,1H3,(H,12,13). The monoisotopic (exact) mass is 230 g/mol. The second kappa shape index (κ2) is 6.47. The van der Waals surface area contributed by atoms with Crippen LogP contribution in [0.3, 0.4) is 0 Å². The van der Waals surface area contributed by atoms with Crippen molar-refractivity contribution in [2.75, 3.05) is 12.3 Å². The van der Waals surface area contributed by atoms with Gasteiger partial charge in [-0.15, -0.1) is 0 Å². The Morgan fingerprint density at radius 2 is 2.60 bits per heavy atom. The van der Waals surface area contributed by atoms with E-state index in [1.54, 1.807) is 0 Å². The summed E-state index contributed by atoms with van der Waals surface area (Å²) < 4.78 is 5.00. The number of thioether (sulfide) groups is 1. The van der Waals surface area contributed by atoms with E-state index in [1.165, 1.54) is 24.2 Å². The second-order valence-electron chi connectivity index (χ2n) is 2.95. The predicted octanol–water partition coefficient (Wildman–Crippen LogP) is 1.22. The number of rotatable bonds is 7. The lowest BCUT2D eigenvalue weighted by molar-refractivity contribution is -0.138. The summed E-state index contributed by atoms with van der Waals surface area (Å²) in [6, 6.07) is -0.554. The molecule has 5 nitrogen and oxygen atoms in total. The summed E-state index contributed by atoms with van der Waals surface area (Å²) in [6.07, 6.45) is 3.92. The van der Waals surface area contributed by atoms with Crippen LogP contribution in [-0.4, -0.2) is 34.4 Å². The van der Waals surface area contributed by atoms with Crippen LogP contribution in [0.25, 0.3) is 0 Å². The maximum atomic E-state index is 10.8. The maximum Gasteiger partial charge on any atom is 0.321 e. The van der Waals surface area contributed by atoms with Crippen LogP contribution >= 0.6 is 11.8 Å². The van der Waals surface area contributed by atoms with Crippen LogP contribution in [0.1, 0.15) is 13.3 Å². The molecule has 15 heavy (non-hydrogen) atoms. The van der Waals surface area contributed by atoms with E-state index >= 15 is 0 Å². The molecule has 0 aliphatic heterocycles. The molecule has 2 N–H and O–H groups in total. The first-order valence-corrected chi connectivity index (χ1v) is 5.71. The van der Waals surface area contributed by atoms with Crippen LogP contribution in [0.5, 0.6) is 0 Å². The van der Waals surface area contributed by atoms with E-state index < -0.39 is 12.0 Å². The highest BCUT2D eigenvalue weighted by atomic mass is 32.2. The van der Waals surface area contributed by atoms with Crippen molar-refractivity contribution in [3.63, 3.8) is 0 Å². The Bertz CT molecular complexity index is 290. The smallest absolute Gasteiger partial charge is 0.321 e. The quantitative estimate of drug-likeness (QED) is 0.686. The first-order valence-electron chi connectivity index (χ1n) is 4.72. The summed E-state index contributed by atoms with van der Waals surface area (Å²) in [5, 5.41) is 12.3. The van der Waals surface area contributed by atoms with Crippen molar-refractivity contribution in [1.29, 1.82) is 0 Å². The summed E-state index contributed by atoms with van der Waals surface area (Å²) in [4.78, 5) is 14.7. The average molecular weight is 230 g/mol. The number of hydrogen-bond acceptors (Lipinski definition) is 5. The van der Waals surface area contributed by atoms with Crippen molar-refractivity contribution >= 4 is 17.7 Å². The first-order chi connectivity index (χ1) is 7.24. The van der Waals surface area contributed by atoms with Crippen molar-refractivity contribution in [3.8, 4) is 0 Å². The van der Waals surface area contributed by atoms with Gasteiger partial charge in [-0.05, 0) is 13.0 Å². The van der Waals surface area contributed by atoms with Gasteiger partial charge in [0.2, 0.25) is 0 Å². The summed E-state index contributed by atoms with van der Waals surface area (Å²) in [5.74, 6) is -0.432. The average Bonchev–Trinajstić information content (AvgIpc) is 2.70. The van der Waals surface area contributed by atoms with Gasteiger partial charge in [-0.3, -0.25) is 4.79 Å². The summed E-state index contributed by atoms with van der Waals surface area (Å²) in [7, 11) is 0. The number of carboxylic acid groups (broad SMARTS) is 1. The van der Waals surface area contributed by atoms with Crippen molar-refractivity contribution in [2.24, 2.45) is 0 Å². The van der Waals surface area contributed by atoms with Crippen LogP contribution < -0.4 is 5.32 Å². The van der Waals surface area contributed by atoms with Gasteiger partial charge < -0.3 is 14.8 Å². The molecule has 0 aliphatic carbocycles. The van der Waals surface area contributed by atoms with Gasteiger partial charge in [0.05, 0.1) is 6.20 Å². The fraction of sp³-hybridized carbons (Fsp3) is 0.556. The third-order valence-corrected chi connectivity index (χ3v) is 2.67. The number of nitrogens with one attached hydrogen (secondary N) is 1. The maximum absolute atomic E-state index is 10.8. The van der Waals surface area contributed by atoms with E-state index in [1.807, 2.05) is 6.92 Å². The number of aromatic nitrogens is 1. The van der Waals surface area contributed by atoms with Gasteiger partial charge in [0.25, 0.3) is 5.22 Å². The molecule has 84 valence electrons. The van der Waals surface area contributed by atoms with Gasteiger partial charge in [0, 0.05) is 5.75 Å². The zero-order chi connectivity index (χ0) is 11.1. The summed E-state index contributed by atoms with van der Waals surface area (Å²) in [6.45, 7) is 2.69. The van der Waals surface area contributed by atoms with E-state index in [-0.39, 0.29) is 0 Å². The Labute approximate surface area is 92.3 Å². The molecule has 0 spiro atoms. The summed E-state index contributed by atoms with van der Waals surface area (Å²) >= 11 is 1.29. The molecule has 0 aliphatic rings. The Balaban J connectivity index is 2.34. The molecule has 0 fully saturated rings. The van der Waals surface area contributed by atoms with Crippen LogP contribution in [0.2, 0.25) is 0 Å². The number of hydrogen-bond donors (Lipinski definition) is 2.